The number of carbonyl (C=O) groups excluding carboxylic acids is 1. The molecule has 1 aliphatic heterocycles. The first-order valence-electron chi connectivity index (χ1n) is 7.28. The molecule has 1 aromatic heterocycles. The van der Waals surface area contributed by atoms with Crippen LogP contribution in [0.5, 0.6) is 0 Å². The van der Waals surface area contributed by atoms with Crippen molar-refractivity contribution in [3.05, 3.63) is 17.0 Å². The molecule has 6 heteroatoms. The smallest absolute Gasteiger partial charge is 0.226 e. The molecule has 1 fully saturated rings. The quantitative estimate of drug-likeness (QED) is 0.873. The van der Waals surface area contributed by atoms with Crippen LogP contribution in [0.3, 0.4) is 0 Å². The zero-order valence-corrected chi connectivity index (χ0v) is 13.0. The fourth-order valence-electron chi connectivity index (χ4n) is 2.60. The van der Waals surface area contributed by atoms with E-state index in [9.17, 15) is 9.90 Å². The number of likely N-dealkylation sites (tertiary alicyclic amines) is 1. The summed E-state index contributed by atoms with van der Waals surface area (Å²) in [7, 11) is 0. The third kappa shape index (κ3) is 4.53. The number of hydrogen-bond acceptors (Lipinski definition) is 5. The predicted molar refractivity (Wildman–Crippen MR) is 83.1 cm³/mol. The van der Waals surface area contributed by atoms with E-state index < -0.39 is 0 Å². The molecule has 0 spiro atoms. The lowest BCUT2D eigenvalue weighted by Gasteiger charge is -2.33. The van der Waals surface area contributed by atoms with E-state index in [1.54, 1.807) is 11.4 Å². The molecule has 5 nitrogen and oxygen atoms in total. The van der Waals surface area contributed by atoms with E-state index in [4.69, 9.17) is 5.26 Å². The van der Waals surface area contributed by atoms with Gasteiger partial charge in [-0.2, -0.15) is 5.26 Å². The first-order chi connectivity index (χ1) is 10.1. The summed E-state index contributed by atoms with van der Waals surface area (Å²) in [5.74, 6) is 0.339. The summed E-state index contributed by atoms with van der Waals surface area (Å²) in [5.41, 5.74) is 0.520. The van der Waals surface area contributed by atoms with Crippen molar-refractivity contribution in [2.45, 2.75) is 32.3 Å². The highest BCUT2D eigenvalue weighted by atomic mass is 32.1. The highest BCUT2D eigenvalue weighted by molar-refractivity contribution is 7.14. The second-order valence-corrected chi connectivity index (χ2v) is 6.41. The summed E-state index contributed by atoms with van der Waals surface area (Å²) in [6.07, 6.45) is 2.17. The van der Waals surface area contributed by atoms with Crippen molar-refractivity contribution in [3.8, 4) is 6.07 Å². The molecule has 2 heterocycles. The Bertz CT molecular complexity index is 513. The summed E-state index contributed by atoms with van der Waals surface area (Å²) in [5, 5.41) is 23.7. The summed E-state index contributed by atoms with van der Waals surface area (Å²) >= 11 is 1.37. The van der Waals surface area contributed by atoms with Crippen molar-refractivity contribution in [1.29, 1.82) is 5.26 Å². The normalized spacial score (nSPS) is 18.1. The van der Waals surface area contributed by atoms with Gasteiger partial charge in [0, 0.05) is 13.0 Å². The predicted octanol–water partition coefficient (Wildman–Crippen LogP) is 2.04. The number of nitriles is 1. The lowest BCUT2D eigenvalue weighted by atomic mass is 9.92. The molecule has 0 aromatic carbocycles. The van der Waals surface area contributed by atoms with Crippen LogP contribution < -0.4 is 5.32 Å². The number of anilines is 1. The SMILES string of the molecule is CC(O)C1CCN(CCC(=O)Nc2sccc2C#N)CC1. The molecular weight excluding hydrogens is 286 g/mol. The number of thiophene rings is 1. The maximum absolute atomic E-state index is 11.9. The first kappa shape index (κ1) is 16.0. The van der Waals surface area contributed by atoms with Crippen LogP contribution in [-0.4, -0.2) is 41.7 Å². The molecule has 0 bridgehead atoms. The van der Waals surface area contributed by atoms with Gasteiger partial charge in [-0.1, -0.05) is 0 Å². The van der Waals surface area contributed by atoms with Crippen LogP contribution in [0.4, 0.5) is 5.00 Å². The van der Waals surface area contributed by atoms with Crippen LogP contribution >= 0.6 is 11.3 Å². The van der Waals surface area contributed by atoms with E-state index in [2.05, 4.69) is 16.3 Å². The van der Waals surface area contributed by atoms with Gasteiger partial charge in [0.25, 0.3) is 0 Å². The molecule has 1 aromatic rings. The molecule has 114 valence electrons. The number of carbonyl (C=O) groups is 1. The van der Waals surface area contributed by atoms with Gasteiger partial charge in [-0.3, -0.25) is 4.79 Å². The Balaban J connectivity index is 1.72. The van der Waals surface area contributed by atoms with Gasteiger partial charge in [0.1, 0.15) is 11.1 Å². The Hall–Kier alpha value is -1.42. The van der Waals surface area contributed by atoms with Crippen LogP contribution in [0, 0.1) is 17.2 Å². The van der Waals surface area contributed by atoms with E-state index >= 15 is 0 Å². The number of amides is 1. The fourth-order valence-corrected chi connectivity index (χ4v) is 3.36. The third-order valence-electron chi connectivity index (χ3n) is 4.01. The van der Waals surface area contributed by atoms with Crippen molar-refractivity contribution in [3.63, 3.8) is 0 Å². The minimum atomic E-state index is -0.237. The number of nitrogens with zero attached hydrogens (tertiary/aromatic N) is 2. The van der Waals surface area contributed by atoms with Crippen LogP contribution in [0.1, 0.15) is 31.7 Å². The zero-order chi connectivity index (χ0) is 15.2. The third-order valence-corrected chi connectivity index (χ3v) is 4.84. The van der Waals surface area contributed by atoms with Gasteiger partial charge in [-0.05, 0) is 50.2 Å². The monoisotopic (exact) mass is 307 g/mol. The number of piperidine rings is 1. The summed E-state index contributed by atoms with van der Waals surface area (Å²) in [4.78, 5) is 14.2. The molecule has 1 aliphatic rings. The van der Waals surface area contributed by atoms with Gasteiger partial charge in [-0.15, -0.1) is 11.3 Å². The van der Waals surface area contributed by atoms with Crippen molar-refractivity contribution < 1.29 is 9.90 Å². The number of aliphatic hydroxyl groups excluding tert-OH is 1. The zero-order valence-electron chi connectivity index (χ0n) is 12.2. The fraction of sp³-hybridized carbons (Fsp3) is 0.600. The average molecular weight is 307 g/mol. The molecule has 1 atom stereocenters. The lowest BCUT2D eigenvalue weighted by molar-refractivity contribution is -0.116. The Morgan fingerprint density at radius 1 is 1.62 bits per heavy atom. The standard InChI is InChI=1S/C15H21N3O2S/c1-11(19)12-2-6-18(7-3-12)8-4-14(20)17-15-13(10-16)5-9-21-15/h5,9,11-12,19H,2-4,6-8H2,1H3,(H,17,20). The van der Waals surface area contributed by atoms with Crippen LogP contribution in [0.25, 0.3) is 0 Å². The minimum Gasteiger partial charge on any atom is -0.393 e. The molecule has 2 rings (SSSR count). The molecule has 0 saturated carbocycles. The van der Waals surface area contributed by atoms with Crippen LogP contribution in [-0.2, 0) is 4.79 Å². The van der Waals surface area contributed by atoms with Gasteiger partial charge < -0.3 is 15.3 Å². The lowest BCUT2D eigenvalue weighted by Crippen LogP contribution is -2.38. The second kappa shape index (κ2) is 7.55. The first-order valence-corrected chi connectivity index (χ1v) is 8.16. The van der Waals surface area contributed by atoms with Crippen LogP contribution in [0.15, 0.2) is 11.4 Å². The summed E-state index contributed by atoms with van der Waals surface area (Å²) in [6.45, 7) is 4.45. The average Bonchev–Trinajstić information content (AvgIpc) is 2.92. The maximum atomic E-state index is 11.9. The topological polar surface area (TPSA) is 76.4 Å². The molecule has 1 saturated heterocycles. The van der Waals surface area contributed by atoms with E-state index in [0.29, 0.717) is 22.9 Å². The maximum Gasteiger partial charge on any atom is 0.226 e. The molecule has 0 radical (unpaired) electrons. The second-order valence-electron chi connectivity index (χ2n) is 5.49. The molecule has 1 unspecified atom stereocenters. The molecular formula is C15H21N3O2S. The number of hydrogen-bond donors (Lipinski definition) is 2. The number of rotatable bonds is 5. The van der Waals surface area contributed by atoms with Crippen molar-refractivity contribution in [1.82, 2.24) is 4.90 Å². The molecule has 2 N–H and O–H groups in total. The van der Waals surface area contributed by atoms with Crippen LogP contribution in [0.2, 0.25) is 0 Å². The largest absolute Gasteiger partial charge is 0.393 e. The summed E-state index contributed by atoms with van der Waals surface area (Å²) < 4.78 is 0. The number of nitrogens with one attached hydrogen (secondary N) is 1. The Kier molecular flexibility index (Phi) is 5.74. The van der Waals surface area contributed by atoms with E-state index in [-0.39, 0.29) is 12.0 Å². The van der Waals surface area contributed by atoms with E-state index in [0.717, 1.165) is 32.5 Å². The Labute approximate surface area is 129 Å². The summed E-state index contributed by atoms with van der Waals surface area (Å²) in [6, 6.07) is 3.77. The highest BCUT2D eigenvalue weighted by Crippen LogP contribution is 2.23. The van der Waals surface area contributed by atoms with Gasteiger partial charge >= 0.3 is 0 Å². The number of aliphatic hydroxyl groups is 1. The molecule has 0 aliphatic carbocycles. The Morgan fingerprint density at radius 3 is 2.95 bits per heavy atom. The van der Waals surface area contributed by atoms with Gasteiger partial charge in [0.15, 0.2) is 0 Å². The minimum absolute atomic E-state index is 0.0494. The molecule has 1 amide bonds. The van der Waals surface area contributed by atoms with Crippen molar-refractivity contribution in [2.24, 2.45) is 5.92 Å². The van der Waals surface area contributed by atoms with Crippen molar-refractivity contribution in [2.75, 3.05) is 25.0 Å². The van der Waals surface area contributed by atoms with Crippen molar-refractivity contribution >= 4 is 22.2 Å². The van der Waals surface area contributed by atoms with E-state index in [1.165, 1.54) is 11.3 Å². The van der Waals surface area contributed by atoms with Gasteiger partial charge in [0.05, 0.1) is 11.7 Å². The Morgan fingerprint density at radius 2 is 2.33 bits per heavy atom. The molecule has 21 heavy (non-hydrogen) atoms. The van der Waals surface area contributed by atoms with Gasteiger partial charge in [-0.25, -0.2) is 0 Å². The highest BCUT2D eigenvalue weighted by Gasteiger charge is 2.22. The van der Waals surface area contributed by atoms with Gasteiger partial charge in [0.2, 0.25) is 5.91 Å². The van der Waals surface area contributed by atoms with E-state index in [1.807, 2.05) is 6.92 Å².